The number of carbonyl (C=O) groups excluding carboxylic acids is 2. The highest BCUT2D eigenvalue weighted by molar-refractivity contribution is 6.52. The largest absolute Gasteiger partial charge is 0.300 e. The molecule has 6 heteroatoms. The van der Waals surface area contributed by atoms with Gasteiger partial charge in [-0.25, -0.2) is 0 Å². The minimum Gasteiger partial charge on any atom is -0.300 e. The monoisotopic (exact) mass is 298 g/mol. The molecule has 1 saturated heterocycles. The quantitative estimate of drug-likeness (QED) is 0.766. The minimum absolute atomic E-state index is 0.414. The molecule has 1 aromatic rings. The summed E-state index contributed by atoms with van der Waals surface area (Å²) in [6.07, 6.45) is 0.548. The van der Waals surface area contributed by atoms with Crippen LogP contribution in [0.3, 0.4) is 0 Å². The molecule has 0 aliphatic carbocycles. The maximum atomic E-state index is 12.1. The fraction of sp³-hybridized carbons (Fsp3) is 0.438. The van der Waals surface area contributed by atoms with Crippen LogP contribution in [0.25, 0.3) is 0 Å². The summed E-state index contributed by atoms with van der Waals surface area (Å²) in [5.41, 5.74) is 1.21. The van der Waals surface area contributed by atoms with Crippen LogP contribution in [-0.4, -0.2) is 60.9 Å². The topological polar surface area (TPSA) is 67.7 Å². The first-order valence-corrected chi connectivity index (χ1v) is 7.47. The van der Waals surface area contributed by atoms with Crippen LogP contribution in [0, 0.1) is 11.3 Å². The van der Waals surface area contributed by atoms with Gasteiger partial charge in [0.05, 0.1) is 24.0 Å². The molecule has 2 heterocycles. The Morgan fingerprint density at radius 2 is 1.73 bits per heavy atom. The van der Waals surface area contributed by atoms with Gasteiger partial charge in [0.2, 0.25) is 0 Å². The zero-order valence-corrected chi connectivity index (χ0v) is 12.4. The van der Waals surface area contributed by atoms with Crippen LogP contribution >= 0.6 is 0 Å². The number of hydrogen-bond donors (Lipinski definition) is 0. The Hall–Kier alpha value is -2.23. The zero-order chi connectivity index (χ0) is 15.5. The smallest absolute Gasteiger partial charge is 0.300 e. The van der Waals surface area contributed by atoms with E-state index in [1.54, 1.807) is 17.0 Å². The molecular weight excluding hydrogens is 280 g/mol. The molecule has 1 aromatic carbocycles. The number of rotatable bonds is 4. The van der Waals surface area contributed by atoms with Crippen molar-refractivity contribution in [3.05, 3.63) is 29.8 Å². The average Bonchev–Trinajstić information content (AvgIpc) is 2.80. The van der Waals surface area contributed by atoms with Gasteiger partial charge in [-0.1, -0.05) is 12.1 Å². The number of benzene rings is 1. The average molecular weight is 298 g/mol. The van der Waals surface area contributed by atoms with Gasteiger partial charge in [0.1, 0.15) is 0 Å². The van der Waals surface area contributed by atoms with E-state index >= 15 is 0 Å². The molecule has 1 fully saturated rings. The molecular formula is C16H18N4O2. The number of nitriles is 1. The highest BCUT2D eigenvalue weighted by Crippen LogP contribution is 2.28. The third-order valence-corrected chi connectivity index (χ3v) is 4.23. The summed E-state index contributed by atoms with van der Waals surface area (Å²) in [5, 5.41) is 8.62. The van der Waals surface area contributed by atoms with Gasteiger partial charge < -0.3 is 0 Å². The van der Waals surface area contributed by atoms with Crippen LogP contribution in [0.1, 0.15) is 16.8 Å². The van der Waals surface area contributed by atoms with E-state index in [9.17, 15) is 9.59 Å². The molecule has 0 bridgehead atoms. The second-order valence-electron chi connectivity index (χ2n) is 5.59. The maximum Gasteiger partial charge on any atom is 0.300 e. The second-order valence-corrected chi connectivity index (χ2v) is 5.59. The van der Waals surface area contributed by atoms with E-state index < -0.39 is 11.7 Å². The Bertz CT molecular complexity index is 629. The summed E-state index contributed by atoms with van der Waals surface area (Å²) in [6, 6.07) is 9.31. The number of para-hydroxylation sites is 1. The Balaban J connectivity index is 1.62. The van der Waals surface area contributed by atoms with Crippen LogP contribution in [0.2, 0.25) is 0 Å². The first-order chi connectivity index (χ1) is 10.7. The van der Waals surface area contributed by atoms with Crippen molar-refractivity contribution in [3.8, 4) is 6.07 Å². The third-order valence-electron chi connectivity index (χ3n) is 4.23. The molecule has 0 N–H and O–H groups in total. The maximum absolute atomic E-state index is 12.1. The molecule has 0 radical (unpaired) electrons. The predicted molar refractivity (Wildman–Crippen MR) is 81.4 cm³/mol. The summed E-state index contributed by atoms with van der Waals surface area (Å²) in [7, 11) is 0. The highest BCUT2D eigenvalue weighted by atomic mass is 16.2. The normalized spacial score (nSPS) is 19.3. The lowest BCUT2D eigenvalue weighted by Crippen LogP contribution is -2.51. The van der Waals surface area contributed by atoms with Crippen molar-refractivity contribution in [2.45, 2.75) is 6.42 Å². The van der Waals surface area contributed by atoms with Gasteiger partial charge >= 0.3 is 5.91 Å². The number of nitrogens with zero attached hydrogens (tertiary/aromatic N) is 4. The Morgan fingerprint density at radius 1 is 1.05 bits per heavy atom. The van der Waals surface area contributed by atoms with Crippen LogP contribution in [0.15, 0.2) is 24.3 Å². The summed E-state index contributed by atoms with van der Waals surface area (Å²) in [5.74, 6) is -0.851. The molecule has 114 valence electrons. The fourth-order valence-corrected chi connectivity index (χ4v) is 2.95. The number of amides is 1. The minimum atomic E-state index is -0.437. The molecule has 1 amide bonds. The molecule has 3 rings (SSSR count). The van der Waals surface area contributed by atoms with Gasteiger partial charge in [0.15, 0.2) is 0 Å². The van der Waals surface area contributed by atoms with Crippen LogP contribution in [0.4, 0.5) is 5.69 Å². The number of fused-ring (bicyclic) bond motifs is 1. The van der Waals surface area contributed by atoms with E-state index in [4.69, 9.17) is 5.26 Å². The lowest BCUT2D eigenvalue weighted by atomic mass is 10.1. The van der Waals surface area contributed by atoms with Crippen LogP contribution in [-0.2, 0) is 4.79 Å². The van der Waals surface area contributed by atoms with Gasteiger partial charge in [-0.05, 0) is 12.1 Å². The van der Waals surface area contributed by atoms with Gasteiger partial charge in [-0.2, -0.15) is 5.26 Å². The number of anilines is 1. The summed E-state index contributed by atoms with van der Waals surface area (Å²) >= 11 is 0. The third kappa shape index (κ3) is 2.73. The van der Waals surface area contributed by atoms with Gasteiger partial charge in [-0.3, -0.25) is 24.3 Å². The number of ketones is 1. The van der Waals surface area contributed by atoms with Crippen molar-refractivity contribution in [2.75, 3.05) is 44.3 Å². The summed E-state index contributed by atoms with van der Waals surface area (Å²) in [6.45, 7) is 4.71. The van der Waals surface area contributed by atoms with Crippen molar-refractivity contribution < 1.29 is 9.59 Å². The molecule has 2 aliphatic rings. The van der Waals surface area contributed by atoms with Gasteiger partial charge in [-0.15, -0.1) is 0 Å². The first-order valence-electron chi connectivity index (χ1n) is 7.47. The second kappa shape index (κ2) is 6.26. The zero-order valence-electron chi connectivity index (χ0n) is 12.4. The van der Waals surface area contributed by atoms with E-state index in [0.717, 1.165) is 32.7 Å². The summed E-state index contributed by atoms with van der Waals surface area (Å²) < 4.78 is 0. The number of hydrogen-bond acceptors (Lipinski definition) is 5. The van der Waals surface area contributed by atoms with Crippen molar-refractivity contribution in [3.63, 3.8) is 0 Å². The van der Waals surface area contributed by atoms with Crippen molar-refractivity contribution in [1.82, 2.24) is 9.80 Å². The Kier molecular flexibility index (Phi) is 4.18. The number of carbonyl (C=O) groups is 2. The lowest BCUT2D eigenvalue weighted by molar-refractivity contribution is -0.114. The van der Waals surface area contributed by atoms with E-state index in [-0.39, 0.29) is 0 Å². The summed E-state index contributed by atoms with van der Waals surface area (Å²) in [4.78, 5) is 30.1. The van der Waals surface area contributed by atoms with Crippen molar-refractivity contribution in [2.24, 2.45) is 0 Å². The van der Waals surface area contributed by atoms with Gasteiger partial charge in [0.25, 0.3) is 5.78 Å². The molecule has 0 atom stereocenters. The molecule has 6 nitrogen and oxygen atoms in total. The Labute approximate surface area is 129 Å². The number of piperazine rings is 1. The Morgan fingerprint density at radius 3 is 2.45 bits per heavy atom. The standard InChI is InChI=1S/C16H18N4O2/c17-6-3-7-18-8-10-19(11-9-18)12-20-14-5-2-1-4-13(14)15(21)16(20)22/h1-2,4-5H,3,7-12H2. The fourth-order valence-electron chi connectivity index (χ4n) is 2.95. The van der Waals surface area contributed by atoms with Crippen molar-refractivity contribution in [1.29, 1.82) is 5.26 Å². The molecule has 0 spiro atoms. The highest BCUT2D eigenvalue weighted by Gasteiger charge is 2.36. The van der Waals surface area contributed by atoms with E-state index in [2.05, 4.69) is 15.9 Å². The van der Waals surface area contributed by atoms with E-state index in [1.165, 1.54) is 0 Å². The van der Waals surface area contributed by atoms with Gasteiger partial charge in [0, 0.05) is 39.1 Å². The number of Topliss-reactive ketones (excluding diaryl/α,β-unsaturated/α-hetero) is 1. The molecule has 0 unspecified atom stereocenters. The SMILES string of the molecule is N#CCCN1CCN(CN2C(=O)C(=O)c3ccccc32)CC1. The molecule has 0 aromatic heterocycles. The van der Waals surface area contributed by atoms with Crippen molar-refractivity contribution >= 4 is 17.4 Å². The van der Waals surface area contributed by atoms with Crippen LogP contribution < -0.4 is 4.90 Å². The molecule has 22 heavy (non-hydrogen) atoms. The van der Waals surface area contributed by atoms with Crippen LogP contribution in [0.5, 0.6) is 0 Å². The molecule has 2 aliphatic heterocycles. The van der Waals surface area contributed by atoms with E-state index in [1.807, 2.05) is 12.1 Å². The lowest BCUT2D eigenvalue weighted by Gasteiger charge is -2.36. The first kappa shape index (κ1) is 14.7. The predicted octanol–water partition coefficient (Wildman–Crippen LogP) is 0.705. The molecule has 0 saturated carbocycles. The van der Waals surface area contributed by atoms with E-state index in [0.29, 0.717) is 24.3 Å².